The van der Waals surface area contributed by atoms with Crippen LogP contribution in [0, 0.1) is 0 Å². The van der Waals surface area contributed by atoms with Crippen molar-refractivity contribution in [2.75, 3.05) is 19.1 Å². The number of alkyl halides is 1. The maximum atomic E-state index is 6.08. The average molecular weight is 391 g/mol. The summed E-state index contributed by atoms with van der Waals surface area (Å²) < 4.78 is 12.1. The van der Waals surface area contributed by atoms with Gasteiger partial charge in [0.15, 0.2) is 0 Å². The van der Waals surface area contributed by atoms with Crippen LogP contribution < -0.4 is 9.47 Å². The van der Waals surface area contributed by atoms with Gasteiger partial charge in [-0.1, -0.05) is 76.1 Å². The molecule has 0 atom stereocenters. The highest BCUT2D eigenvalue weighted by molar-refractivity contribution is 6.17. The first-order valence-electron chi connectivity index (χ1n) is 10.7. The second-order valence-electron chi connectivity index (χ2n) is 7.18. The molecule has 2 rings (SSSR count). The number of ether oxygens (including phenoxy) is 2. The zero-order valence-electron chi connectivity index (χ0n) is 16.9. The molecule has 0 saturated heterocycles. The molecule has 0 fully saturated rings. The minimum Gasteiger partial charge on any atom is -0.493 e. The lowest BCUT2D eigenvalue weighted by molar-refractivity contribution is 0.301. The smallest absolute Gasteiger partial charge is 0.127 e. The van der Waals surface area contributed by atoms with Crippen molar-refractivity contribution in [3.8, 4) is 11.5 Å². The third-order valence-corrected chi connectivity index (χ3v) is 5.15. The molecule has 0 aromatic heterocycles. The molecule has 2 aromatic rings. The highest BCUT2D eigenvalue weighted by Crippen LogP contribution is 2.33. The number of fused-ring (bicyclic) bond motifs is 1. The van der Waals surface area contributed by atoms with E-state index in [1.807, 2.05) is 0 Å². The summed E-state index contributed by atoms with van der Waals surface area (Å²) in [6.07, 6.45) is 12.1. The van der Waals surface area contributed by atoms with Gasteiger partial charge in [0, 0.05) is 16.7 Å². The van der Waals surface area contributed by atoms with Gasteiger partial charge in [-0.15, -0.1) is 11.6 Å². The van der Waals surface area contributed by atoms with E-state index in [4.69, 9.17) is 21.1 Å². The van der Waals surface area contributed by atoms with Crippen LogP contribution in [0.2, 0.25) is 0 Å². The summed E-state index contributed by atoms with van der Waals surface area (Å²) in [6.45, 7) is 3.79. The molecule has 0 N–H and O–H groups in total. The van der Waals surface area contributed by atoms with E-state index in [-0.39, 0.29) is 0 Å². The molecule has 0 radical (unpaired) electrons. The van der Waals surface area contributed by atoms with E-state index >= 15 is 0 Å². The van der Waals surface area contributed by atoms with Crippen LogP contribution in [0.25, 0.3) is 10.8 Å². The van der Waals surface area contributed by atoms with Gasteiger partial charge in [-0.25, -0.2) is 0 Å². The summed E-state index contributed by atoms with van der Waals surface area (Å²) in [5, 5.41) is 2.29. The molecule has 0 unspecified atom stereocenters. The lowest BCUT2D eigenvalue weighted by Crippen LogP contribution is -2.00. The molecule has 0 amide bonds. The molecule has 2 nitrogen and oxygen atoms in total. The summed E-state index contributed by atoms with van der Waals surface area (Å²) in [5.74, 6) is 2.72. The minimum absolute atomic E-state index is 0.775. The summed E-state index contributed by atoms with van der Waals surface area (Å²) in [4.78, 5) is 0. The summed E-state index contributed by atoms with van der Waals surface area (Å²) in [5.41, 5.74) is 0. The summed E-state index contributed by atoms with van der Waals surface area (Å²) >= 11 is 5.71. The van der Waals surface area contributed by atoms with Gasteiger partial charge in [-0.05, 0) is 31.4 Å². The van der Waals surface area contributed by atoms with Crippen LogP contribution >= 0.6 is 11.6 Å². The van der Waals surface area contributed by atoms with Gasteiger partial charge in [0.2, 0.25) is 0 Å². The second kappa shape index (κ2) is 13.7. The van der Waals surface area contributed by atoms with Gasteiger partial charge in [0.25, 0.3) is 0 Å². The number of unbranched alkanes of at least 4 members (excludes halogenated alkanes) is 8. The molecule has 150 valence electrons. The normalized spacial score (nSPS) is 11.0. The molecule has 0 aliphatic heterocycles. The van der Waals surface area contributed by atoms with Crippen molar-refractivity contribution < 1.29 is 9.47 Å². The first kappa shape index (κ1) is 21.9. The van der Waals surface area contributed by atoms with Crippen LogP contribution in [0.1, 0.15) is 71.1 Å². The van der Waals surface area contributed by atoms with Crippen molar-refractivity contribution >= 4 is 22.4 Å². The lowest BCUT2D eigenvalue weighted by Gasteiger charge is -2.13. The molecule has 2 aromatic carbocycles. The Labute approximate surface area is 170 Å². The first-order chi connectivity index (χ1) is 13.4. The second-order valence-corrected chi connectivity index (χ2v) is 7.55. The van der Waals surface area contributed by atoms with E-state index in [2.05, 4.69) is 43.3 Å². The Hall–Kier alpha value is -1.41. The lowest BCUT2D eigenvalue weighted by atomic mass is 10.1. The highest BCUT2D eigenvalue weighted by atomic mass is 35.5. The topological polar surface area (TPSA) is 18.5 Å². The monoisotopic (exact) mass is 390 g/mol. The number of benzene rings is 2. The molecule has 0 spiro atoms. The Balaban J connectivity index is 1.82. The Morgan fingerprint density at radius 2 is 1.11 bits per heavy atom. The molecule has 0 saturated carbocycles. The van der Waals surface area contributed by atoms with Gasteiger partial charge >= 0.3 is 0 Å². The van der Waals surface area contributed by atoms with E-state index in [9.17, 15) is 0 Å². The summed E-state index contributed by atoms with van der Waals surface area (Å²) in [7, 11) is 0. The standard InChI is InChI=1S/C24H35ClO2/c1-2-3-4-12-19-26-23-16-17-24(22-15-10-9-14-21(22)23)27-20-13-8-6-5-7-11-18-25/h9-10,14-17H,2-8,11-13,18-20H2,1H3. The van der Waals surface area contributed by atoms with Crippen molar-refractivity contribution in [2.24, 2.45) is 0 Å². The van der Waals surface area contributed by atoms with Gasteiger partial charge in [-0.3, -0.25) is 0 Å². The van der Waals surface area contributed by atoms with E-state index in [0.29, 0.717) is 0 Å². The highest BCUT2D eigenvalue weighted by Gasteiger charge is 2.07. The molecule has 27 heavy (non-hydrogen) atoms. The number of halogens is 1. The van der Waals surface area contributed by atoms with Gasteiger partial charge in [-0.2, -0.15) is 0 Å². The van der Waals surface area contributed by atoms with Crippen molar-refractivity contribution in [3.05, 3.63) is 36.4 Å². The van der Waals surface area contributed by atoms with E-state index in [0.717, 1.165) is 60.6 Å². The van der Waals surface area contributed by atoms with Crippen LogP contribution in [0.15, 0.2) is 36.4 Å². The molecule has 3 heteroatoms. The van der Waals surface area contributed by atoms with Gasteiger partial charge in [0.1, 0.15) is 11.5 Å². The zero-order chi connectivity index (χ0) is 19.2. The third kappa shape index (κ3) is 8.01. The molecule has 0 bridgehead atoms. The fourth-order valence-corrected chi connectivity index (χ4v) is 3.48. The first-order valence-corrected chi connectivity index (χ1v) is 11.2. The average Bonchev–Trinajstić information content (AvgIpc) is 2.70. The molecular weight excluding hydrogens is 356 g/mol. The SMILES string of the molecule is CCCCCCOc1ccc(OCCCCCCCCCl)c2ccccc12. The third-order valence-electron chi connectivity index (χ3n) is 4.89. The molecule has 0 heterocycles. The predicted octanol–water partition coefficient (Wildman–Crippen LogP) is 7.76. The Kier molecular flexibility index (Phi) is 11.1. The Bertz CT molecular complexity index is 641. The van der Waals surface area contributed by atoms with Crippen molar-refractivity contribution in [1.29, 1.82) is 0 Å². The van der Waals surface area contributed by atoms with Crippen LogP contribution in [-0.4, -0.2) is 19.1 Å². The molecule has 0 aliphatic rings. The zero-order valence-corrected chi connectivity index (χ0v) is 17.6. The summed E-state index contributed by atoms with van der Waals surface area (Å²) in [6, 6.07) is 12.5. The Morgan fingerprint density at radius 3 is 1.63 bits per heavy atom. The van der Waals surface area contributed by atoms with E-state index in [1.54, 1.807) is 0 Å². The minimum atomic E-state index is 0.775. The van der Waals surface area contributed by atoms with Gasteiger partial charge in [0.05, 0.1) is 13.2 Å². The van der Waals surface area contributed by atoms with Crippen LogP contribution in [0.3, 0.4) is 0 Å². The van der Waals surface area contributed by atoms with Crippen LogP contribution in [-0.2, 0) is 0 Å². The van der Waals surface area contributed by atoms with Crippen molar-refractivity contribution in [2.45, 2.75) is 71.1 Å². The van der Waals surface area contributed by atoms with Crippen molar-refractivity contribution in [3.63, 3.8) is 0 Å². The maximum absolute atomic E-state index is 6.08. The predicted molar refractivity (Wildman–Crippen MR) is 118 cm³/mol. The van der Waals surface area contributed by atoms with Crippen LogP contribution in [0.5, 0.6) is 11.5 Å². The fraction of sp³-hybridized carbons (Fsp3) is 0.583. The van der Waals surface area contributed by atoms with E-state index < -0.39 is 0 Å². The molecule has 0 aliphatic carbocycles. The number of hydrogen-bond acceptors (Lipinski definition) is 2. The largest absolute Gasteiger partial charge is 0.493 e. The van der Waals surface area contributed by atoms with Gasteiger partial charge < -0.3 is 9.47 Å². The van der Waals surface area contributed by atoms with E-state index in [1.165, 1.54) is 44.9 Å². The maximum Gasteiger partial charge on any atom is 0.127 e. The Morgan fingerprint density at radius 1 is 0.630 bits per heavy atom. The fourth-order valence-electron chi connectivity index (χ4n) is 3.29. The number of rotatable bonds is 15. The molecular formula is C24H35ClO2. The number of hydrogen-bond donors (Lipinski definition) is 0. The quantitative estimate of drug-likeness (QED) is 0.228. The van der Waals surface area contributed by atoms with Crippen LogP contribution in [0.4, 0.5) is 0 Å². The van der Waals surface area contributed by atoms with Crippen molar-refractivity contribution in [1.82, 2.24) is 0 Å².